The van der Waals surface area contributed by atoms with Crippen LogP contribution in [-0.4, -0.2) is 24.1 Å². The summed E-state index contributed by atoms with van der Waals surface area (Å²) in [5, 5.41) is 0. The van der Waals surface area contributed by atoms with Gasteiger partial charge in [0.15, 0.2) is 0 Å². The maximum absolute atomic E-state index is 13.1. The van der Waals surface area contributed by atoms with Gasteiger partial charge >= 0.3 is 11.9 Å². The Balaban J connectivity index is 1.40. The first-order valence-corrected chi connectivity index (χ1v) is 13.1. The van der Waals surface area contributed by atoms with Crippen LogP contribution in [0.3, 0.4) is 0 Å². The van der Waals surface area contributed by atoms with Crippen molar-refractivity contribution in [2.24, 2.45) is 29.4 Å². The van der Waals surface area contributed by atoms with Crippen LogP contribution in [0, 0.1) is 27.2 Å². The molecule has 33 heavy (non-hydrogen) atoms. The molecule has 0 radical (unpaired) electrons. The van der Waals surface area contributed by atoms with Crippen molar-refractivity contribution in [3.05, 3.63) is 68.8 Å². The molecule has 6 rings (SSSR count). The van der Waals surface area contributed by atoms with Crippen LogP contribution in [0.5, 0.6) is 0 Å². The first-order valence-electron chi connectivity index (χ1n) is 12.0. The SMILES string of the molecule is NCc1ccc(C(=O)OC2C3CCC(C4CCCCC43)C2OC(=O)c2ccc(I)cc2)cc1. The molecule has 2 bridgehead atoms. The Kier molecular flexibility index (Phi) is 6.74. The summed E-state index contributed by atoms with van der Waals surface area (Å²) < 4.78 is 13.4. The fourth-order valence-corrected chi connectivity index (χ4v) is 6.78. The van der Waals surface area contributed by atoms with Crippen molar-refractivity contribution in [1.29, 1.82) is 0 Å². The molecule has 0 spiro atoms. The van der Waals surface area contributed by atoms with E-state index in [2.05, 4.69) is 22.6 Å². The first kappa shape index (κ1) is 22.8. The van der Waals surface area contributed by atoms with Crippen LogP contribution in [0.25, 0.3) is 0 Å². The summed E-state index contributed by atoms with van der Waals surface area (Å²) in [5.74, 6) is 0.949. The van der Waals surface area contributed by atoms with E-state index in [1.54, 1.807) is 24.3 Å². The van der Waals surface area contributed by atoms with E-state index in [-0.39, 0.29) is 29.9 Å². The minimum absolute atomic E-state index is 0.252. The number of hydrogen-bond acceptors (Lipinski definition) is 5. The van der Waals surface area contributed by atoms with Crippen LogP contribution in [0.4, 0.5) is 0 Å². The third-order valence-corrected chi connectivity index (χ3v) is 8.69. The predicted molar refractivity (Wildman–Crippen MR) is 134 cm³/mol. The van der Waals surface area contributed by atoms with Crippen molar-refractivity contribution >= 4 is 34.5 Å². The van der Waals surface area contributed by atoms with E-state index >= 15 is 0 Å². The fraction of sp³-hybridized carbons (Fsp3) is 0.481. The number of carbonyl (C=O) groups excluding carboxylic acids is 2. The summed E-state index contributed by atoms with van der Waals surface area (Å²) in [7, 11) is 0. The molecule has 0 aromatic heterocycles. The lowest BCUT2D eigenvalue weighted by Gasteiger charge is -2.56. The van der Waals surface area contributed by atoms with Crippen molar-refractivity contribution in [3.8, 4) is 0 Å². The number of halogens is 1. The summed E-state index contributed by atoms with van der Waals surface area (Å²) in [4.78, 5) is 26.1. The van der Waals surface area contributed by atoms with E-state index in [0.717, 1.165) is 22.0 Å². The third kappa shape index (κ3) is 4.56. The van der Waals surface area contributed by atoms with Crippen molar-refractivity contribution in [2.75, 3.05) is 0 Å². The second-order valence-electron chi connectivity index (χ2n) is 9.67. The summed E-state index contributed by atoms with van der Waals surface area (Å²) in [6, 6.07) is 14.7. The molecular formula is C27H30INO4. The minimum atomic E-state index is -0.391. The van der Waals surface area contributed by atoms with Gasteiger partial charge in [0, 0.05) is 22.0 Å². The second kappa shape index (κ2) is 9.74. The zero-order valence-corrected chi connectivity index (χ0v) is 20.8. The Morgan fingerprint density at radius 1 is 0.727 bits per heavy atom. The zero-order chi connectivity index (χ0) is 22.9. The van der Waals surface area contributed by atoms with Gasteiger partial charge < -0.3 is 15.2 Å². The molecule has 6 heteroatoms. The average molecular weight is 559 g/mol. The Morgan fingerprint density at radius 2 is 1.18 bits per heavy atom. The summed E-state index contributed by atoms with van der Waals surface area (Å²) in [6.07, 6.45) is 6.13. The molecule has 0 heterocycles. The highest BCUT2D eigenvalue weighted by Gasteiger charge is 2.57. The van der Waals surface area contributed by atoms with Crippen LogP contribution in [0.1, 0.15) is 64.8 Å². The summed E-state index contributed by atoms with van der Waals surface area (Å²) in [5.41, 5.74) is 7.71. The van der Waals surface area contributed by atoms with Crippen molar-refractivity contribution in [3.63, 3.8) is 0 Å². The van der Waals surface area contributed by atoms with E-state index in [9.17, 15) is 9.59 Å². The van der Waals surface area contributed by atoms with Crippen LogP contribution >= 0.6 is 22.6 Å². The Hall–Kier alpha value is -1.93. The van der Waals surface area contributed by atoms with Gasteiger partial charge in [0.25, 0.3) is 0 Å². The predicted octanol–water partition coefficient (Wildman–Crippen LogP) is 5.35. The number of benzene rings is 2. The molecule has 2 N–H and O–H groups in total. The molecule has 0 amide bonds. The normalized spacial score (nSPS) is 30.4. The molecule has 0 saturated heterocycles. The minimum Gasteiger partial charge on any atom is -0.455 e. The van der Waals surface area contributed by atoms with Crippen LogP contribution in [-0.2, 0) is 16.0 Å². The number of fused-ring (bicyclic) bond motifs is 2. The summed E-state index contributed by atoms with van der Waals surface area (Å²) in [6.45, 7) is 0.432. The lowest BCUT2D eigenvalue weighted by molar-refractivity contribution is -0.174. The molecule has 4 fully saturated rings. The molecule has 0 aliphatic heterocycles. The van der Waals surface area contributed by atoms with Gasteiger partial charge in [-0.15, -0.1) is 0 Å². The van der Waals surface area contributed by atoms with E-state index in [4.69, 9.17) is 15.2 Å². The van der Waals surface area contributed by atoms with Crippen molar-refractivity contribution in [1.82, 2.24) is 0 Å². The standard InChI is InChI=1S/C27H30INO4/c28-19-11-9-18(10-12-19)27(31)33-25-23-14-13-22(20-3-1-2-4-21(20)23)24(25)32-26(30)17-7-5-16(15-29)6-8-17/h5-12,20-25H,1-4,13-15,29H2. The number of esters is 2. The average Bonchev–Trinajstić information content (AvgIpc) is 2.86. The Bertz CT molecular complexity index is 1010. The van der Waals surface area contributed by atoms with Gasteiger partial charge in [-0.3, -0.25) is 0 Å². The van der Waals surface area contributed by atoms with E-state index < -0.39 is 6.10 Å². The monoisotopic (exact) mass is 559 g/mol. The molecule has 6 atom stereocenters. The molecule has 6 unspecified atom stereocenters. The van der Waals surface area contributed by atoms with Gasteiger partial charge in [-0.25, -0.2) is 9.59 Å². The number of carbonyl (C=O) groups is 2. The highest BCUT2D eigenvalue weighted by molar-refractivity contribution is 14.1. The molecule has 2 aromatic carbocycles. The topological polar surface area (TPSA) is 78.6 Å². The Morgan fingerprint density at radius 3 is 1.64 bits per heavy atom. The molecule has 4 saturated carbocycles. The van der Waals surface area contributed by atoms with Crippen LogP contribution in [0.2, 0.25) is 0 Å². The van der Waals surface area contributed by atoms with Crippen LogP contribution < -0.4 is 5.73 Å². The number of nitrogens with two attached hydrogens (primary N) is 1. The van der Waals surface area contributed by atoms with Gasteiger partial charge in [-0.1, -0.05) is 25.0 Å². The molecule has 174 valence electrons. The van der Waals surface area contributed by atoms with Crippen molar-refractivity contribution < 1.29 is 19.1 Å². The van der Waals surface area contributed by atoms with E-state index in [1.807, 2.05) is 24.3 Å². The summed E-state index contributed by atoms with van der Waals surface area (Å²) >= 11 is 2.22. The number of hydrogen-bond donors (Lipinski definition) is 1. The van der Waals surface area contributed by atoms with Gasteiger partial charge in [0.2, 0.25) is 0 Å². The lowest BCUT2D eigenvalue weighted by Crippen LogP contribution is -2.60. The second-order valence-corrected chi connectivity index (χ2v) is 10.9. The first-order chi connectivity index (χ1) is 16.0. The fourth-order valence-electron chi connectivity index (χ4n) is 6.42. The van der Waals surface area contributed by atoms with Gasteiger partial charge in [0.05, 0.1) is 11.1 Å². The quantitative estimate of drug-likeness (QED) is 0.395. The third-order valence-electron chi connectivity index (χ3n) is 7.97. The maximum atomic E-state index is 13.1. The Labute approximate surface area is 208 Å². The largest absolute Gasteiger partial charge is 0.455 e. The van der Waals surface area contributed by atoms with Gasteiger partial charge in [-0.2, -0.15) is 0 Å². The lowest BCUT2D eigenvalue weighted by atomic mass is 9.52. The smallest absolute Gasteiger partial charge is 0.338 e. The van der Waals surface area contributed by atoms with Gasteiger partial charge in [-0.05, 0) is 102 Å². The van der Waals surface area contributed by atoms with Crippen LogP contribution in [0.15, 0.2) is 48.5 Å². The molecule has 2 aromatic rings. The molecular weight excluding hydrogens is 529 g/mol. The zero-order valence-electron chi connectivity index (χ0n) is 18.6. The molecule has 4 aliphatic carbocycles. The molecule has 5 nitrogen and oxygen atoms in total. The highest BCUT2D eigenvalue weighted by Crippen LogP contribution is 2.56. The number of ether oxygens (including phenoxy) is 2. The van der Waals surface area contributed by atoms with Gasteiger partial charge in [0.1, 0.15) is 12.2 Å². The maximum Gasteiger partial charge on any atom is 0.338 e. The highest BCUT2D eigenvalue weighted by atomic mass is 127. The van der Waals surface area contributed by atoms with Crippen molar-refractivity contribution in [2.45, 2.75) is 57.3 Å². The van der Waals surface area contributed by atoms with E-state index in [1.165, 1.54) is 25.7 Å². The molecule has 4 aliphatic rings. The number of rotatable bonds is 5. The van der Waals surface area contributed by atoms with E-state index in [0.29, 0.717) is 29.5 Å².